The largest absolute Gasteiger partial charge is 0.355 e. The van der Waals surface area contributed by atoms with Gasteiger partial charge >= 0.3 is 0 Å². The van der Waals surface area contributed by atoms with Crippen molar-refractivity contribution in [1.29, 1.82) is 0 Å². The van der Waals surface area contributed by atoms with Gasteiger partial charge in [-0.25, -0.2) is 0 Å². The minimum absolute atomic E-state index is 1.09. The summed E-state index contributed by atoms with van der Waals surface area (Å²) in [6.45, 7) is 2.12. The van der Waals surface area contributed by atoms with Gasteiger partial charge in [0.2, 0.25) is 0 Å². The Kier molecular flexibility index (Phi) is 4.06. The summed E-state index contributed by atoms with van der Waals surface area (Å²) in [5.74, 6) is 0. The molecule has 0 saturated carbocycles. The van der Waals surface area contributed by atoms with Crippen LogP contribution in [0.2, 0.25) is 0 Å². The monoisotopic (exact) mass is 359 g/mol. The molecular formula is C27H21N. The second kappa shape index (κ2) is 6.86. The summed E-state index contributed by atoms with van der Waals surface area (Å²) in [7, 11) is 0. The number of hydrogen-bond donors (Lipinski definition) is 1. The maximum Gasteiger partial charge on any atom is 0.0464 e. The zero-order valence-corrected chi connectivity index (χ0v) is 15.8. The molecule has 5 aromatic carbocycles. The number of benzene rings is 5. The summed E-state index contributed by atoms with van der Waals surface area (Å²) in [5.41, 5.74) is 5.98. The molecule has 0 radical (unpaired) electrons. The second-order valence-electron chi connectivity index (χ2n) is 7.29. The Morgan fingerprint density at radius 3 is 1.86 bits per heavy atom. The quantitative estimate of drug-likeness (QED) is 0.325. The van der Waals surface area contributed by atoms with Crippen LogP contribution in [0.25, 0.3) is 32.7 Å². The molecule has 5 rings (SSSR count). The third-order valence-corrected chi connectivity index (χ3v) is 5.30. The van der Waals surface area contributed by atoms with Gasteiger partial charge in [0.1, 0.15) is 0 Å². The van der Waals surface area contributed by atoms with Crippen molar-refractivity contribution in [2.45, 2.75) is 6.92 Å². The van der Waals surface area contributed by atoms with Crippen LogP contribution in [0, 0.1) is 6.92 Å². The van der Waals surface area contributed by atoms with E-state index in [1.807, 2.05) is 0 Å². The second-order valence-corrected chi connectivity index (χ2v) is 7.29. The van der Waals surface area contributed by atoms with Gasteiger partial charge in [0.05, 0.1) is 0 Å². The van der Waals surface area contributed by atoms with Crippen molar-refractivity contribution in [2.75, 3.05) is 5.32 Å². The van der Waals surface area contributed by atoms with Gasteiger partial charge in [-0.05, 0) is 64.5 Å². The summed E-state index contributed by atoms with van der Waals surface area (Å²) >= 11 is 0. The molecule has 0 atom stereocenters. The zero-order valence-electron chi connectivity index (χ0n) is 15.8. The molecule has 5 aromatic rings. The number of aryl methyl sites for hydroxylation is 1. The molecule has 0 unspecified atom stereocenters. The van der Waals surface area contributed by atoms with Crippen LogP contribution in [0.1, 0.15) is 5.56 Å². The van der Waals surface area contributed by atoms with Gasteiger partial charge in [-0.3, -0.25) is 0 Å². The van der Waals surface area contributed by atoms with E-state index in [1.54, 1.807) is 0 Å². The van der Waals surface area contributed by atoms with E-state index in [4.69, 9.17) is 0 Å². The predicted molar refractivity (Wildman–Crippen MR) is 121 cm³/mol. The average Bonchev–Trinajstić information content (AvgIpc) is 2.74. The Morgan fingerprint density at radius 2 is 1.14 bits per heavy atom. The Labute approximate surface area is 165 Å². The van der Waals surface area contributed by atoms with Crippen LogP contribution in [-0.2, 0) is 0 Å². The minimum atomic E-state index is 1.09. The Morgan fingerprint density at radius 1 is 0.536 bits per heavy atom. The molecule has 0 spiro atoms. The topological polar surface area (TPSA) is 12.0 Å². The molecule has 1 nitrogen and oxygen atoms in total. The molecular weight excluding hydrogens is 338 g/mol. The molecule has 0 amide bonds. The lowest BCUT2D eigenvalue weighted by atomic mass is 10.0. The molecule has 0 aromatic heterocycles. The van der Waals surface area contributed by atoms with Gasteiger partial charge in [-0.1, -0.05) is 78.4 Å². The van der Waals surface area contributed by atoms with E-state index in [9.17, 15) is 0 Å². The lowest BCUT2D eigenvalue weighted by molar-refractivity contribution is 1.47. The van der Waals surface area contributed by atoms with Crippen molar-refractivity contribution in [3.8, 4) is 11.1 Å². The van der Waals surface area contributed by atoms with Gasteiger partial charge in [-0.2, -0.15) is 0 Å². The molecule has 0 saturated heterocycles. The zero-order chi connectivity index (χ0) is 18.9. The van der Waals surface area contributed by atoms with Crippen LogP contribution >= 0.6 is 0 Å². The highest BCUT2D eigenvalue weighted by molar-refractivity contribution is 6.04. The third kappa shape index (κ3) is 3.12. The Bertz CT molecular complexity index is 1270. The van der Waals surface area contributed by atoms with Crippen LogP contribution in [0.15, 0.2) is 103 Å². The van der Waals surface area contributed by atoms with E-state index in [0.29, 0.717) is 0 Å². The van der Waals surface area contributed by atoms with Crippen LogP contribution < -0.4 is 5.32 Å². The number of nitrogens with one attached hydrogen (secondary N) is 1. The Hall–Kier alpha value is -3.58. The number of rotatable bonds is 3. The standard InChI is InChI=1S/C27H21N/c1-19-9-11-20(12-10-19)21-13-15-25(16-14-21)28-27-8-4-7-24-17-22-5-2-3-6-23(22)18-26(24)27/h2-18,28H,1H3. The Balaban J connectivity index is 1.49. The van der Waals surface area contributed by atoms with E-state index >= 15 is 0 Å². The van der Waals surface area contributed by atoms with Gasteiger partial charge < -0.3 is 5.32 Å². The highest BCUT2D eigenvalue weighted by Crippen LogP contribution is 2.31. The van der Waals surface area contributed by atoms with E-state index in [0.717, 1.165) is 11.4 Å². The van der Waals surface area contributed by atoms with Crippen molar-refractivity contribution < 1.29 is 0 Å². The summed E-state index contributed by atoms with van der Waals surface area (Å²) in [4.78, 5) is 0. The highest BCUT2D eigenvalue weighted by atomic mass is 14.9. The fourth-order valence-electron chi connectivity index (χ4n) is 3.72. The minimum Gasteiger partial charge on any atom is -0.355 e. The summed E-state index contributed by atoms with van der Waals surface area (Å²) in [6, 6.07) is 36.8. The predicted octanol–water partition coefficient (Wildman–Crippen LogP) is 7.71. The van der Waals surface area contributed by atoms with Crippen molar-refractivity contribution in [3.05, 3.63) is 109 Å². The molecule has 0 aliphatic heterocycles. The van der Waals surface area contributed by atoms with Crippen molar-refractivity contribution in [3.63, 3.8) is 0 Å². The van der Waals surface area contributed by atoms with Gasteiger partial charge in [0.15, 0.2) is 0 Å². The molecule has 0 bridgehead atoms. The van der Waals surface area contributed by atoms with Crippen molar-refractivity contribution in [2.24, 2.45) is 0 Å². The van der Waals surface area contributed by atoms with Crippen molar-refractivity contribution >= 4 is 32.9 Å². The number of anilines is 2. The molecule has 0 fully saturated rings. The molecule has 1 N–H and O–H groups in total. The SMILES string of the molecule is Cc1ccc(-c2ccc(Nc3cccc4cc5ccccc5cc34)cc2)cc1. The molecule has 28 heavy (non-hydrogen) atoms. The van der Waals surface area contributed by atoms with Gasteiger partial charge in [-0.15, -0.1) is 0 Å². The normalized spacial score (nSPS) is 11.0. The average molecular weight is 359 g/mol. The molecule has 1 heteroatoms. The van der Waals surface area contributed by atoms with Gasteiger partial charge in [0.25, 0.3) is 0 Å². The lowest BCUT2D eigenvalue weighted by Gasteiger charge is -2.12. The van der Waals surface area contributed by atoms with Crippen LogP contribution in [0.5, 0.6) is 0 Å². The van der Waals surface area contributed by atoms with Crippen molar-refractivity contribution in [1.82, 2.24) is 0 Å². The number of fused-ring (bicyclic) bond motifs is 2. The maximum atomic E-state index is 3.60. The van der Waals surface area contributed by atoms with Crippen LogP contribution in [0.3, 0.4) is 0 Å². The maximum absolute atomic E-state index is 3.60. The van der Waals surface area contributed by atoms with E-state index in [1.165, 1.54) is 38.2 Å². The fraction of sp³-hybridized carbons (Fsp3) is 0.0370. The smallest absolute Gasteiger partial charge is 0.0464 e. The lowest BCUT2D eigenvalue weighted by Crippen LogP contribution is -1.92. The molecule has 0 heterocycles. The fourth-order valence-corrected chi connectivity index (χ4v) is 3.72. The first-order valence-electron chi connectivity index (χ1n) is 9.62. The molecule has 0 aliphatic rings. The first-order chi connectivity index (χ1) is 13.8. The summed E-state index contributed by atoms with van der Waals surface area (Å²) in [6.07, 6.45) is 0. The van der Waals surface area contributed by atoms with E-state index in [-0.39, 0.29) is 0 Å². The highest BCUT2D eigenvalue weighted by Gasteiger charge is 2.04. The first-order valence-corrected chi connectivity index (χ1v) is 9.62. The third-order valence-electron chi connectivity index (χ3n) is 5.30. The summed E-state index contributed by atoms with van der Waals surface area (Å²) < 4.78 is 0. The van der Waals surface area contributed by atoms with Crippen LogP contribution in [0.4, 0.5) is 11.4 Å². The van der Waals surface area contributed by atoms with Gasteiger partial charge in [0, 0.05) is 16.8 Å². The van der Waals surface area contributed by atoms with Crippen LogP contribution in [-0.4, -0.2) is 0 Å². The van der Waals surface area contributed by atoms with E-state index < -0.39 is 0 Å². The molecule has 134 valence electrons. The molecule has 0 aliphatic carbocycles. The van der Waals surface area contributed by atoms with E-state index in [2.05, 4.69) is 115 Å². The summed E-state index contributed by atoms with van der Waals surface area (Å²) in [5, 5.41) is 8.62. The number of hydrogen-bond acceptors (Lipinski definition) is 1. The first kappa shape index (κ1) is 16.6.